The van der Waals surface area contributed by atoms with E-state index in [-0.39, 0.29) is 0 Å². The maximum atomic E-state index is 6.06. The molecule has 2 rings (SSSR count). The standard InChI is InChI=1S/C14H28O2Si/c1-12-8-10-14(11-9-12)17(15-2,16-3)13-6-4-5-7-13/h12-14H,4-11H2,1-3H3. The Kier molecular flexibility index (Phi) is 4.67. The molecule has 0 atom stereocenters. The molecule has 0 amide bonds. The topological polar surface area (TPSA) is 18.5 Å². The molecule has 0 unspecified atom stereocenters. The van der Waals surface area contributed by atoms with Crippen molar-refractivity contribution in [3.8, 4) is 0 Å². The van der Waals surface area contributed by atoms with E-state index in [2.05, 4.69) is 6.92 Å². The van der Waals surface area contributed by atoms with E-state index < -0.39 is 8.56 Å². The van der Waals surface area contributed by atoms with Crippen LogP contribution in [0.1, 0.15) is 58.3 Å². The summed E-state index contributed by atoms with van der Waals surface area (Å²) in [6, 6.07) is 0. The third-order valence-corrected chi connectivity index (χ3v) is 9.85. The smallest absolute Gasteiger partial charge is 0.344 e. The number of hydrogen-bond acceptors (Lipinski definition) is 2. The third-order valence-electron chi connectivity index (χ3n) is 5.15. The van der Waals surface area contributed by atoms with Gasteiger partial charge in [-0.1, -0.05) is 32.6 Å². The summed E-state index contributed by atoms with van der Waals surface area (Å²) in [7, 11) is 1.88. The van der Waals surface area contributed by atoms with Crippen LogP contribution < -0.4 is 0 Å². The van der Waals surface area contributed by atoms with Gasteiger partial charge in [-0.15, -0.1) is 0 Å². The minimum absolute atomic E-state index is 0.747. The summed E-state index contributed by atoms with van der Waals surface area (Å²) in [5.74, 6) is 0.912. The van der Waals surface area contributed by atoms with Crippen LogP contribution in [-0.4, -0.2) is 22.8 Å². The van der Waals surface area contributed by atoms with Crippen LogP contribution in [-0.2, 0) is 8.85 Å². The molecule has 0 aromatic rings. The Morgan fingerprint density at radius 1 is 0.765 bits per heavy atom. The van der Waals surface area contributed by atoms with Gasteiger partial charge in [0, 0.05) is 25.3 Å². The zero-order valence-electron chi connectivity index (χ0n) is 11.7. The molecule has 2 nitrogen and oxygen atoms in total. The first-order valence-electron chi connectivity index (χ1n) is 7.33. The highest BCUT2D eigenvalue weighted by molar-refractivity contribution is 6.70. The number of hydrogen-bond donors (Lipinski definition) is 0. The summed E-state index contributed by atoms with van der Waals surface area (Å²) in [6.07, 6.45) is 10.9. The van der Waals surface area contributed by atoms with Gasteiger partial charge in [-0.25, -0.2) is 0 Å². The SMILES string of the molecule is CO[Si](OC)(C1CCCC1)C1CCC(C)CC1. The van der Waals surface area contributed by atoms with Gasteiger partial charge in [0.25, 0.3) is 0 Å². The normalized spacial score (nSPS) is 31.9. The molecule has 0 aromatic heterocycles. The first-order valence-corrected chi connectivity index (χ1v) is 9.30. The Balaban J connectivity index is 2.09. The van der Waals surface area contributed by atoms with E-state index in [1.807, 2.05) is 14.2 Å². The molecule has 0 N–H and O–H groups in total. The molecule has 17 heavy (non-hydrogen) atoms. The van der Waals surface area contributed by atoms with E-state index in [9.17, 15) is 0 Å². The second-order valence-electron chi connectivity index (χ2n) is 6.07. The summed E-state index contributed by atoms with van der Waals surface area (Å²) in [6.45, 7) is 2.38. The molecular weight excluding hydrogens is 228 g/mol. The van der Waals surface area contributed by atoms with Gasteiger partial charge in [-0.05, 0) is 31.6 Å². The van der Waals surface area contributed by atoms with Gasteiger partial charge in [0.2, 0.25) is 0 Å². The minimum Gasteiger partial charge on any atom is -0.397 e. The maximum Gasteiger partial charge on any atom is 0.344 e. The number of rotatable bonds is 4. The molecule has 2 fully saturated rings. The minimum atomic E-state index is -1.94. The van der Waals surface area contributed by atoms with Gasteiger partial charge >= 0.3 is 8.56 Å². The van der Waals surface area contributed by atoms with Gasteiger partial charge in [-0.2, -0.15) is 0 Å². The molecule has 0 spiro atoms. The lowest BCUT2D eigenvalue weighted by Crippen LogP contribution is -2.50. The van der Waals surface area contributed by atoms with Crippen molar-refractivity contribution >= 4 is 8.56 Å². The molecular formula is C14H28O2Si. The Morgan fingerprint density at radius 3 is 1.71 bits per heavy atom. The van der Waals surface area contributed by atoms with Crippen LogP contribution >= 0.6 is 0 Å². The molecule has 0 saturated heterocycles. The van der Waals surface area contributed by atoms with E-state index in [1.165, 1.54) is 51.4 Å². The summed E-state index contributed by atoms with van der Waals surface area (Å²) in [4.78, 5) is 0. The molecule has 0 radical (unpaired) electrons. The molecule has 0 bridgehead atoms. The van der Waals surface area contributed by atoms with Crippen molar-refractivity contribution in [1.29, 1.82) is 0 Å². The molecule has 0 heterocycles. The zero-order valence-corrected chi connectivity index (χ0v) is 12.7. The maximum absolute atomic E-state index is 6.06. The largest absolute Gasteiger partial charge is 0.397 e. The van der Waals surface area contributed by atoms with Crippen LogP contribution in [0.2, 0.25) is 11.1 Å². The summed E-state index contributed by atoms with van der Waals surface area (Å²) in [5.41, 5.74) is 1.51. The van der Waals surface area contributed by atoms with Crippen molar-refractivity contribution < 1.29 is 8.85 Å². The quantitative estimate of drug-likeness (QED) is 0.700. The van der Waals surface area contributed by atoms with E-state index in [1.54, 1.807) is 0 Å². The van der Waals surface area contributed by atoms with Crippen LogP contribution in [0.5, 0.6) is 0 Å². The van der Waals surface area contributed by atoms with Crippen molar-refractivity contribution in [3.63, 3.8) is 0 Å². The fourth-order valence-electron chi connectivity index (χ4n) is 4.07. The van der Waals surface area contributed by atoms with Crippen LogP contribution in [0.15, 0.2) is 0 Å². The zero-order chi connectivity index (χ0) is 12.3. The average molecular weight is 256 g/mol. The first kappa shape index (κ1) is 13.6. The predicted molar refractivity (Wildman–Crippen MR) is 73.4 cm³/mol. The van der Waals surface area contributed by atoms with Crippen LogP contribution in [0.3, 0.4) is 0 Å². The second-order valence-corrected chi connectivity index (χ2v) is 9.96. The summed E-state index contributed by atoms with van der Waals surface area (Å²) < 4.78 is 12.1. The first-order chi connectivity index (χ1) is 8.23. The van der Waals surface area contributed by atoms with Crippen molar-refractivity contribution in [2.24, 2.45) is 5.92 Å². The second kappa shape index (κ2) is 5.85. The molecule has 0 aliphatic heterocycles. The lowest BCUT2D eigenvalue weighted by molar-refractivity contribution is 0.197. The van der Waals surface area contributed by atoms with Gasteiger partial charge in [0.1, 0.15) is 0 Å². The Bertz CT molecular complexity index is 226. The third kappa shape index (κ3) is 2.61. The highest BCUT2D eigenvalue weighted by atomic mass is 28.4. The molecule has 2 aliphatic rings. The van der Waals surface area contributed by atoms with E-state index >= 15 is 0 Å². The Morgan fingerprint density at radius 2 is 1.24 bits per heavy atom. The van der Waals surface area contributed by atoms with E-state index in [0.29, 0.717) is 0 Å². The monoisotopic (exact) mass is 256 g/mol. The van der Waals surface area contributed by atoms with Crippen LogP contribution in [0.4, 0.5) is 0 Å². The molecule has 100 valence electrons. The highest BCUT2D eigenvalue weighted by Crippen LogP contribution is 2.50. The van der Waals surface area contributed by atoms with Crippen molar-refractivity contribution in [2.45, 2.75) is 69.4 Å². The summed E-state index contributed by atoms with van der Waals surface area (Å²) in [5, 5.41) is 0. The van der Waals surface area contributed by atoms with Gasteiger partial charge in [-0.3, -0.25) is 0 Å². The predicted octanol–water partition coefficient (Wildman–Crippen LogP) is 4.25. The van der Waals surface area contributed by atoms with Gasteiger partial charge in [0.15, 0.2) is 0 Å². The van der Waals surface area contributed by atoms with E-state index in [4.69, 9.17) is 8.85 Å². The Hall–Kier alpha value is 0.137. The van der Waals surface area contributed by atoms with Crippen LogP contribution in [0.25, 0.3) is 0 Å². The molecule has 0 aromatic carbocycles. The van der Waals surface area contributed by atoms with Gasteiger partial charge in [0.05, 0.1) is 0 Å². The lowest BCUT2D eigenvalue weighted by atomic mass is 9.90. The van der Waals surface area contributed by atoms with Crippen molar-refractivity contribution in [2.75, 3.05) is 14.2 Å². The van der Waals surface area contributed by atoms with Crippen molar-refractivity contribution in [1.82, 2.24) is 0 Å². The molecule has 3 heteroatoms. The van der Waals surface area contributed by atoms with E-state index in [0.717, 1.165) is 17.0 Å². The molecule has 2 aliphatic carbocycles. The fraction of sp³-hybridized carbons (Fsp3) is 1.00. The average Bonchev–Trinajstić information content (AvgIpc) is 2.88. The molecule has 2 saturated carbocycles. The summed E-state index contributed by atoms with van der Waals surface area (Å²) >= 11 is 0. The highest BCUT2D eigenvalue weighted by Gasteiger charge is 2.52. The lowest BCUT2D eigenvalue weighted by Gasteiger charge is -2.42. The van der Waals surface area contributed by atoms with Crippen molar-refractivity contribution in [3.05, 3.63) is 0 Å². The van der Waals surface area contributed by atoms with Gasteiger partial charge < -0.3 is 8.85 Å². The Labute approximate surface area is 107 Å². The fourth-order valence-corrected chi connectivity index (χ4v) is 8.59. The van der Waals surface area contributed by atoms with Crippen LogP contribution in [0, 0.1) is 5.92 Å².